The molecule has 0 aliphatic rings. The summed E-state index contributed by atoms with van der Waals surface area (Å²) < 4.78 is 0. The van der Waals surface area contributed by atoms with E-state index in [1.165, 1.54) is 12.8 Å². The smallest absolute Gasteiger partial charge is 0.340 e. The van der Waals surface area contributed by atoms with Gasteiger partial charge in [-0.15, -0.1) is 6.42 Å². The van der Waals surface area contributed by atoms with Crippen molar-refractivity contribution in [2.24, 2.45) is 16.7 Å². The van der Waals surface area contributed by atoms with Gasteiger partial charge < -0.3 is 13.3 Å². The molecule has 0 heterocycles. The third-order valence-corrected chi connectivity index (χ3v) is 2.50. The Labute approximate surface area is 134 Å². The van der Waals surface area contributed by atoms with Gasteiger partial charge in [-0.3, -0.25) is 0 Å². The van der Waals surface area contributed by atoms with Crippen molar-refractivity contribution in [2.45, 2.75) is 54.4 Å². The van der Waals surface area contributed by atoms with Crippen molar-refractivity contribution in [2.75, 3.05) is 0 Å². The molecule has 0 nitrogen and oxygen atoms in total. The summed E-state index contributed by atoms with van der Waals surface area (Å²) in [6.45, 7) is 17.8. The summed E-state index contributed by atoms with van der Waals surface area (Å²) in [5.41, 5.74) is 0.712. The summed E-state index contributed by atoms with van der Waals surface area (Å²) in [4.78, 5) is 0. The number of hydrogen-bond acceptors (Lipinski definition) is 0. The molecule has 80 valence electrons. The molecule has 0 rings (SSSR count). The van der Waals surface area contributed by atoms with Crippen molar-refractivity contribution in [1.82, 2.24) is 0 Å². The van der Waals surface area contributed by atoms with Crippen LogP contribution in [-0.4, -0.2) is 0 Å². The Morgan fingerprint density at radius 1 is 1.07 bits per heavy atom. The first kappa shape index (κ1) is 18.0. The third kappa shape index (κ3) is 10.2. The van der Waals surface area contributed by atoms with Crippen LogP contribution in [0, 0.1) is 30.1 Å². The average molecular weight is 221 g/mol. The summed E-state index contributed by atoms with van der Waals surface area (Å²) in [6.07, 6.45) is 4.80. The van der Waals surface area contributed by atoms with Crippen molar-refractivity contribution in [3.8, 4) is 0 Å². The van der Waals surface area contributed by atoms with Crippen LogP contribution in [0.4, 0.5) is 0 Å². The van der Waals surface area contributed by atoms with Gasteiger partial charge in [0.2, 0.25) is 0 Å². The molecule has 14 heavy (non-hydrogen) atoms. The van der Waals surface area contributed by atoms with Crippen molar-refractivity contribution in [3.63, 3.8) is 0 Å². The van der Waals surface area contributed by atoms with Crippen LogP contribution in [0.25, 0.3) is 0 Å². The molecular formula is C13H26K-. The van der Waals surface area contributed by atoms with Crippen molar-refractivity contribution < 1.29 is 51.4 Å². The maximum absolute atomic E-state index is 4.21. The van der Waals surface area contributed by atoms with Gasteiger partial charge in [0.05, 0.1) is 0 Å². The van der Waals surface area contributed by atoms with Gasteiger partial charge >= 0.3 is 51.4 Å². The molecule has 1 unspecified atom stereocenters. The summed E-state index contributed by atoms with van der Waals surface area (Å²) in [5.74, 6) is 0.561. The first-order valence-electron chi connectivity index (χ1n) is 5.30. The normalized spacial score (nSPS) is 14.8. The average Bonchev–Trinajstić information content (AvgIpc) is 1.82. The first-order valence-corrected chi connectivity index (χ1v) is 5.30. The largest absolute Gasteiger partial charge is 1.00 e. The molecule has 0 bridgehead atoms. The zero-order valence-electron chi connectivity index (χ0n) is 11.3. The second-order valence-electron chi connectivity index (χ2n) is 6.21. The molecule has 0 radical (unpaired) electrons. The maximum atomic E-state index is 4.21. The maximum Gasteiger partial charge on any atom is 1.00 e. The van der Waals surface area contributed by atoms with E-state index in [1.54, 1.807) is 0 Å². The second kappa shape index (κ2) is 7.06. The molecule has 0 saturated heterocycles. The van der Waals surface area contributed by atoms with Gasteiger partial charge in [0.15, 0.2) is 0 Å². The summed E-state index contributed by atoms with van der Waals surface area (Å²) in [7, 11) is 0. The molecule has 0 aromatic heterocycles. The molecular weight excluding hydrogens is 195 g/mol. The van der Waals surface area contributed by atoms with E-state index in [2.05, 4.69) is 54.9 Å². The Morgan fingerprint density at radius 2 is 1.50 bits per heavy atom. The zero-order chi connectivity index (χ0) is 10.7. The van der Waals surface area contributed by atoms with Crippen LogP contribution in [-0.2, 0) is 0 Å². The van der Waals surface area contributed by atoms with Gasteiger partial charge in [0, 0.05) is 0 Å². The minimum absolute atomic E-state index is 0. The fourth-order valence-corrected chi connectivity index (χ4v) is 1.15. The summed E-state index contributed by atoms with van der Waals surface area (Å²) in [5, 5.41) is 0. The van der Waals surface area contributed by atoms with E-state index in [0.717, 1.165) is 0 Å². The minimum atomic E-state index is 0. The summed E-state index contributed by atoms with van der Waals surface area (Å²) >= 11 is 0. The third-order valence-electron chi connectivity index (χ3n) is 2.50. The van der Waals surface area contributed by atoms with Crippen LogP contribution in [0.3, 0.4) is 0 Å². The first-order chi connectivity index (χ1) is 5.63. The van der Waals surface area contributed by atoms with E-state index in [4.69, 9.17) is 0 Å². The second-order valence-corrected chi connectivity index (χ2v) is 6.21. The minimum Gasteiger partial charge on any atom is -0.340 e. The Kier molecular flexibility index (Phi) is 9.08. The number of hydrogen-bond donors (Lipinski definition) is 0. The van der Waals surface area contributed by atoms with Gasteiger partial charge in [-0.1, -0.05) is 47.0 Å². The van der Waals surface area contributed by atoms with Crippen LogP contribution >= 0.6 is 0 Å². The van der Waals surface area contributed by atoms with E-state index in [-0.39, 0.29) is 51.4 Å². The molecule has 0 N–H and O–H groups in total. The quantitative estimate of drug-likeness (QED) is 0.501. The van der Waals surface area contributed by atoms with E-state index in [0.29, 0.717) is 16.7 Å². The van der Waals surface area contributed by atoms with Gasteiger partial charge in [-0.25, -0.2) is 0 Å². The van der Waals surface area contributed by atoms with Gasteiger partial charge in [0.1, 0.15) is 0 Å². The zero-order valence-corrected chi connectivity index (χ0v) is 14.4. The predicted octanol–water partition coefficient (Wildman–Crippen LogP) is 1.52. The fraction of sp³-hybridized carbons (Fsp3) is 0.846. The van der Waals surface area contributed by atoms with Crippen molar-refractivity contribution >= 4 is 0 Å². The number of rotatable bonds is 3. The predicted molar refractivity (Wildman–Crippen MR) is 61.3 cm³/mol. The molecule has 0 spiro atoms. The SMILES string of the molecule is [CH2-]C(CC[CH-]C(C)(C)C)C(C)(C)C.[K+]. The molecule has 0 amide bonds. The van der Waals surface area contributed by atoms with Gasteiger partial charge in [0.25, 0.3) is 0 Å². The molecule has 1 heteroatoms. The van der Waals surface area contributed by atoms with E-state index in [1.807, 2.05) is 0 Å². The van der Waals surface area contributed by atoms with E-state index < -0.39 is 0 Å². The molecule has 0 fully saturated rings. The molecule has 0 aliphatic heterocycles. The summed E-state index contributed by atoms with van der Waals surface area (Å²) in [6, 6.07) is 0. The fourth-order valence-electron chi connectivity index (χ4n) is 1.15. The Hall–Kier alpha value is 1.64. The molecule has 0 aromatic carbocycles. The molecule has 0 aliphatic carbocycles. The van der Waals surface area contributed by atoms with Crippen LogP contribution in [0.2, 0.25) is 0 Å². The van der Waals surface area contributed by atoms with E-state index >= 15 is 0 Å². The Morgan fingerprint density at radius 3 is 1.79 bits per heavy atom. The van der Waals surface area contributed by atoms with Gasteiger partial charge in [-0.05, 0) is 0 Å². The van der Waals surface area contributed by atoms with Gasteiger partial charge in [-0.2, -0.15) is 17.8 Å². The molecule has 0 aromatic rings. The van der Waals surface area contributed by atoms with Crippen LogP contribution in [0.15, 0.2) is 0 Å². The van der Waals surface area contributed by atoms with E-state index in [9.17, 15) is 0 Å². The van der Waals surface area contributed by atoms with Crippen LogP contribution in [0.5, 0.6) is 0 Å². The Balaban J connectivity index is 0. The molecule has 1 atom stereocenters. The van der Waals surface area contributed by atoms with Crippen molar-refractivity contribution in [3.05, 3.63) is 13.3 Å². The van der Waals surface area contributed by atoms with Crippen LogP contribution < -0.4 is 51.4 Å². The van der Waals surface area contributed by atoms with Crippen LogP contribution in [0.1, 0.15) is 54.4 Å². The topological polar surface area (TPSA) is 0 Å². The molecule has 0 saturated carbocycles. The monoisotopic (exact) mass is 221 g/mol. The van der Waals surface area contributed by atoms with Crippen molar-refractivity contribution in [1.29, 1.82) is 0 Å². The standard InChI is InChI=1S/C13H26.K/c1-11(13(5,6)7)9-8-10-12(2,3)4;/h10-11H,1,8-9H2,2-7H3;/q-2;+1. The Bertz CT molecular complexity index is 136.